The van der Waals surface area contributed by atoms with E-state index >= 15 is 0 Å². The number of hydrogen-bond acceptors (Lipinski definition) is 11. The Morgan fingerprint density at radius 2 is 1.17 bits per heavy atom. The Morgan fingerprint density at radius 3 is 1.52 bits per heavy atom. The van der Waals surface area contributed by atoms with Crippen LogP contribution in [0.3, 0.4) is 0 Å². The number of aliphatic hydroxyl groups excluding tert-OH is 4. The molecule has 0 amide bonds. The van der Waals surface area contributed by atoms with Crippen molar-refractivity contribution in [1.82, 2.24) is 0 Å². The highest BCUT2D eigenvalue weighted by atomic mass is 28.4. The van der Waals surface area contributed by atoms with E-state index in [1.54, 1.807) is 0 Å². The summed E-state index contributed by atoms with van der Waals surface area (Å²) < 4.78 is 4.78. The molecule has 0 fully saturated rings. The van der Waals surface area contributed by atoms with Gasteiger partial charge in [-0.1, -0.05) is 0 Å². The number of rotatable bonds is 11. The van der Waals surface area contributed by atoms with Crippen molar-refractivity contribution < 1.29 is 53.9 Å². The van der Waals surface area contributed by atoms with E-state index in [9.17, 15) is 0 Å². The smallest absolute Gasteiger partial charge is 0.394 e. The van der Waals surface area contributed by atoms with Gasteiger partial charge >= 0.3 is 17.6 Å². The van der Waals surface area contributed by atoms with Gasteiger partial charge in [0.25, 0.3) is 0 Å². The number of aliphatic hydroxyl groups is 4. The lowest BCUT2D eigenvalue weighted by Gasteiger charge is -2.13. The second-order valence-electron chi connectivity index (χ2n) is 4.91. The van der Waals surface area contributed by atoms with Gasteiger partial charge in [-0.15, -0.1) is 0 Å². The zero-order valence-electron chi connectivity index (χ0n) is 12.7. The molecule has 0 aliphatic rings. The summed E-state index contributed by atoms with van der Waals surface area (Å²) >= 11 is 0. The average molecular weight is 380 g/mol. The molecule has 0 saturated carbocycles. The van der Waals surface area contributed by atoms with Crippen LogP contribution in [0.4, 0.5) is 0 Å². The lowest BCUT2D eigenvalue weighted by Crippen LogP contribution is -2.35. The van der Waals surface area contributed by atoms with Crippen LogP contribution in [0, 0.1) is 0 Å². The average Bonchev–Trinajstić information content (AvgIpc) is 2.42. The van der Waals surface area contributed by atoms with Crippen molar-refractivity contribution in [2.24, 2.45) is 0 Å². The largest absolute Gasteiger partial charge is 0.492 e. The van der Waals surface area contributed by atoms with E-state index in [1.165, 1.54) is 0 Å². The quantitative estimate of drug-likeness (QED) is 0.121. The molecule has 23 heavy (non-hydrogen) atoms. The maximum atomic E-state index is 9.12. The van der Waals surface area contributed by atoms with Crippen molar-refractivity contribution in [3.63, 3.8) is 0 Å². The molecule has 10 N–H and O–H groups in total. The Balaban J connectivity index is 0. The predicted molar refractivity (Wildman–Crippen MR) is 80.7 cm³/mol. The highest BCUT2D eigenvalue weighted by Crippen LogP contribution is 2.05. The van der Waals surface area contributed by atoms with Gasteiger partial charge in [-0.3, -0.25) is 0 Å². The lowest BCUT2D eigenvalue weighted by molar-refractivity contribution is 0.0184. The molecule has 2 atom stereocenters. The first kappa shape index (κ1) is 25.2. The van der Waals surface area contributed by atoms with E-state index in [-0.39, 0.29) is 44.8 Å². The third-order valence-electron chi connectivity index (χ3n) is 2.38. The van der Waals surface area contributed by atoms with Gasteiger partial charge in [-0.2, -0.15) is 0 Å². The molecular weight excluding hydrogens is 352 g/mol. The third kappa shape index (κ3) is 24.4. The fraction of sp³-hybridized carbons (Fsp3) is 1.00. The lowest BCUT2D eigenvalue weighted by atomic mass is 10.3. The molecule has 0 saturated heterocycles. The monoisotopic (exact) mass is 380 g/mol. The van der Waals surface area contributed by atoms with Crippen LogP contribution in [0.25, 0.3) is 0 Å². The molecule has 0 spiro atoms. The fourth-order valence-electron chi connectivity index (χ4n) is 1.18. The molecule has 0 heterocycles. The summed E-state index contributed by atoms with van der Waals surface area (Å²) in [6, 6.07) is -0.453. The maximum Gasteiger partial charge on any atom is 0.492 e. The van der Waals surface area contributed by atoms with Gasteiger partial charge in [-0.25, -0.2) is 0 Å². The van der Waals surface area contributed by atoms with E-state index in [2.05, 4.69) is 0 Å². The molecule has 13 heteroatoms. The minimum Gasteiger partial charge on any atom is -0.394 e. The molecular formula is C10H28O11Si2. The van der Waals surface area contributed by atoms with Gasteiger partial charge in [0.1, 0.15) is 0 Å². The fourth-order valence-corrected chi connectivity index (χ4v) is 2.62. The Bertz CT molecular complexity index is 269. The van der Waals surface area contributed by atoms with Gasteiger partial charge in [0.2, 0.25) is 0 Å². The van der Waals surface area contributed by atoms with Crippen LogP contribution in [0.2, 0.25) is 12.1 Å². The van der Waals surface area contributed by atoms with Gasteiger partial charge in [0.15, 0.2) is 0 Å². The zero-order chi connectivity index (χ0) is 18.5. The van der Waals surface area contributed by atoms with Crippen LogP contribution in [0.15, 0.2) is 0 Å². The van der Waals surface area contributed by atoms with Crippen molar-refractivity contribution in [2.75, 3.05) is 26.4 Å². The minimum absolute atomic E-state index is 0.00617. The zero-order valence-corrected chi connectivity index (χ0v) is 14.7. The Hall–Kier alpha value is -0.00623. The highest BCUT2D eigenvalue weighted by Gasteiger charge is 2.27. The van der Waals surface area contributed by atoms with Gasteiger partial charge in [-0.05, 0) is 12.8 Å². The standard InChI is InChI=1S/C6H16O6Si.C4H12O5Si/c7-2-3-12-5-6(8)1-4-13(9,10)11;5-3-4(6)1-2-10(7,8)9/h6-11H,1-5H2;4-9H,1-3H2. The third-order valence-corrected chi connectivity index (χ3v) is 4.30. The number of hydrogen-bond donors (Lipinski definition) is 10. The predicted octanol–water partition coefficient (Wildman–Crippen LogP) is -4.69. The van der Waals surface area contributed by atoms with E-state index in [0.717, 1.165) is 0 Å². The molecule has 11 nitrogen and oxygen atoms in total. The first-order valence-electron chi connectivity index (χ1n) is 6.91. The summed E-state index contributed by atoms with van der Waals surface area (Å²) in [6.45, 7) is -0.391. The topological polar surface area (TPSA) is 212 Å². The minimum atomic E-state index is -4.03. The molecule has 0 aromatic carbocycles. The SMILES string of the molecule is OCC(O)CC[Si](O)(O)O.OCCOCC(O)CC[Si](O)(O)O. The Morgan fingerprint density at radius 1 is 0.739 bits per heavy atom. The Kier molecular flexibility index (Phi) is 14.6. The molecule has 0 aliphatic carbocycles. The highest BCUT2D eigenvalue weighted by molar-refractivity contribution is 6.56. The van der Waals surface area contributed by atoms with Crippen molar-refractivity contribution in [1.29, 1.82) is 0 Å². The van der Waals surface area contributed by atoms with Gasteiger partial charge in [0.05, 0.1) is 38.6 Å². The summed E-state index contributed by atoms with van der Waals surface area (Å²) in [4.78, 5) is 51.0. The first-order valence-corrected chi connectivity index (χ1v) is 11.0. The van der Waals surface area contributed by atoms with Crippen LogP contribution in [-0.2, 0) is 4.74 Å². The molecule has 0 aliphatic heterocycles. The van der Waals surface area contributed by atoms with Gasteiger partial charge < -0.3 is 53.9 Å². The number of ether oxygens (including phenoxy) is 1. The molecule has 0 bridgehead atoms. The van der Waals surface area contributed by atoms with Gasteiger partial charge in [0, 0.05) is 12.1 Å². The molecule has 0 aromatic rings. The van der Waals surface area contributed by atoms with Crippen LogP contribution in [0.1, 0.15) is 12.8 Å². The van der Waals surface area contributed by atoms with Crippen molar-refractivity contribution >= 4 is 17.6 Å². The Labute approximate surface area is 136 Å². The second kappa shape index (κ2) is 13.3. The molecule has 142 valence electrons. The molecule has 2 unspecified atom stereocenters. The summed E-state index contributed by atoms with van der Waals surface area (Å²) in [5.74, 6) is 0. The first-order chi connectivity index (χ1) is 10.4. The van der Waals surface area contributed by atoms with E-state index in [0.29, 0.717) is 0 Å². The summed E-state index contributed by atoms with van der Waals surface area (Å²) in [6.07, 6.45) is -1.74. The van der Waals surface area contributed by atoms with E-state index in [4.69, 9.17) is 53.9 Å². The van der Waals surface area contributed by atoms with Crippen LogP contribution in [-0.4, -0.2) is 105 Å². The summed E-state index contributed by atoms with van der Waals surface area (Å²) in [5, 5.41) is 34.4. The van der Waals surface area contributed by atoms with Crippen LogP contribution < -0.4 is 0 Å². The van der Waals surface area contributed by atoms with E-state index in [1.807, 2.05) is 0 Å². The van der Waals surface area contributed by atoms with Crippen LogP contribution >= 0.6 is 0 Å². The van der Waals surface area contributed by atoms with E-state index < -0.39 is 36.4 Å². The normalized spacial score (nSPS) is 14.9. The molecule has 0 aromatic heterocycles. The van der Waals surface area contributed by atoms with Crippen molar-refractivity contribution in [3.05, 3.63) is 0 Å². The van der Waals surface area contributed by atoms with Crippen LogP contribution in [0.5, 0.6) is 0 Å². The summed E-state index contributed by atoms with van der Waals surface area (Å²) in [7, 11) is -8.04. The molecule has 0 rings (SSSR count). The summed E-state index contributed by atoms with van der Waals surface area (Å²) in [5.41, 5.74) is 0. The maximum absolute atomic E-state index is 9.12. The molecule has 0 radical (unpaired) electrons. The van der Waals surface area contributed by atoms with Crippen molar-refractivity contribution in [2.45, 2.75) is 37.1 Å². The van der Waals surface area contributed by atoms with Crippen molar-refractivity contribution in [3.8, 4) is 0 Å². The second-order valence-corrected chi connectivity index (χ2v) is 9.01.